The largest absolute Gasteiger partial charge is 0.459 e. The summed E-state index contributed by atoms with van der Waals surface area (Å²) in [7, 11) is 0. The molecule has 1 aliphatic rings. The summed E-state index contributed by atoms with van der Waals surface area (Å²) in [5, 5.41) is 34.4. The van der Waals surface area contributed by atoms with Crippen LogP contribution in [0.3, 0.4) is 0 Å². The van der Waals surface area contributed by atoms with Crippen LogP contribution >= 0.6 is 23.4 Å². The summed E-state index contributed by atoms with van der Waals surface area (Å²) in [6, 6.07) is 24.0. The molecule has 5 atom stereocenters. The van der Waals surface area contributed by atoms with E-state index in [0.717, 1.165) is 34.7 Å². The van der Waals surface area contributed by atoms with E-state index in [1.54, 1.807) is 24.3 Å². The molecular formula is C34H29ClN2O11S. The summed E-state index contributed by atoms with van der Waals surface area (Å²) >= 11 is 7.59. The Labute approximate surface area is 289 Å². The number of hydrogen-bond acceptors (Lipinski definition) is 12. The Kier molecular flexibility index (Phi) is 11.6. The minimum Gasteiger partial charge on any atom is -0.459 e. The number of ether oxygens (including phenoxy) is 4. The molecule has 0 radical (unpaired) electrons. The molecule has 1 heterocycles. The first kappa shape index (κ1) is 35.4. The number of rotatable bonds is 12. The normalized spacial score (nSPS) is 20.3. The van der Waals surface area contributed by atoms with Crippen LogP contribution in [0.25, 0.3) is 0 Å². The minimum absolute atomic E-state index is 0.0212. The molecule has 1 N–H and O–H groups in total. The van der Waals surface area contributed by atoms with Crippen molar-refractivity contribution in [1.29, 1.82) is 0 Å². The number of thioether (sulfide) groups is 1. The Balaban J connectivity index is 1.43. The van der Waals surface area contributed by atoms with Gasteiger partial charge in [-0.05, 0) is 55.0 Å². The van der Waals surface area contributed by atoms with Crippen molar-refractivity contribution in [3.63, 3.8) is 0 Å². The first-order valence-corrected chi connectivity index (χ1v) is 16.0. The first-order chi connectivity index (χ1) is 23.5. The molecule has 0 aliphatic carbocycles. The van der Waals surface area contributed by atoms with Crippen LogP contribution in [0.5, 0.6) is 0 Å². The van der Waals surface area contributed by atoms with Crippen molar-refractivity contribution >= 4 is 46.7 Å². The average Bonchev–Trinajstić information content (AvgIpc) is 3.10. The maximum Gasteiger partial charge on any atom is 0.338 e. The second-order valence-electron chi connectivity index (χ2n) is 10.9. The van der Waals surface area contributed by atoms with E-state index in [-0.39, 0.29) is 29.1 Å². The number of aliphatic hydroxyl groups excluding tert-OH is 1. The molecule has 4 aromatic rings. The summed E-state index contributed by atoms with van der Waals surface area (Å²) in [6.45, 7) is 1.41. The third-order valence-corrected chi connectivity index (χ3v) is 9.05. The van der Waals surface area contributed by atoms with Gasteiger partial charge < -0.3 is 24.1 Å². The van der Waals surface area contributed by atoms with Crippen molar-refractivity contribution in [2.45, 2.75) is 48.3 Å². The van der Waals surface area contributed by atoms with Crippen LogP contribution in [0.2, 0.25) is 5.02 Å². The van der Waals surface area contributed by atoms with Gasteiger partial charge in [-0.25, -0.2) is 9.59 Å². The highest BCUT2D eigenvalue weighted by atomic mass is 35.5. The molecule has 1 aliphatic heterocycles. The summed E-state index contributed by atoms with van der Waals surface area (Å²) in [4.78, 5) is 47.9. The number of esters is 2. The second kappa shape index (κ2) is 16.0. The Morgan fingerprint density at radius 3 is 1.98 bits per heavy atom. The van der Waals surface area contributed by atoms with Crippen LogP contribution in [0, 0.1) is 27.2 Å². The van der Waals surface area contributed by atoms with Gasteiger partial charge >= 0.3 is 11.9 Å². The first-order valence-electron chi connectivity index (χ1n) is 14.8. The van der Waals surface area contributed by atoms with Gasteiger partial charge in [0.05, 0.1) is 27.6 Å². The molecule has 49 heavy (non-hydrogen) atoms. The second-order valence-corrected chi connectivity index (χ2v) is 12.5. The molecule has 15 heteroatoms. The highest BCUT2D eigenvalue weighted by molar-refractivity contribution is 7.99. The average molecular weight is 709 g/mol. The number of hydrogen-bond donors (Lipinski definition) is 1. The van der Waals surface area contributed by atoms with E-state index < -0.39 is 58.2 Å². The maximum atomic E-state index is 13.3. The van der Waals surface area contributed by atoms with Crippen LogP contribution in [0.4, 0.5) is 11.4 Å². The van der Waals surface area contributed by atoms with E-state index in [1.807, 2.05) is 31.2 Å². The van der Waals surface area contributed by atoms with E-state index in [9.17, 15) is 34.9 Å². The van der Waals surface area contributed by atoms with E-state index in [4.69, 9.17) is 30.5 Å². The number of nitro benzene ring substituents is 2. The predicted molar refractivity (Wildman–Crippen MR) is 177 cm³/mol. The van der Waals surface area contributed by atoms with Gasteiger partial charge in [-0.3, -0.25) is 20.2 Å². The molecule has 0 amide bonds. The lowest BCUT2D eigenvalue weighted by Gasteiger charge is -2.43. The fourth-order valence-corrected chi connectivity index (χ4v) is 6.19. The highest BCUT2D eigenvalue weighted by Crippen LogP contribution is 2.37. The van der Waals surface area contributed by atoms with Gasteiger partial charge in [0, 0.05) is 34.2 Å². The number of nitrogens with zero attached hydrogens (tertiary/aromatic N) is 2. The molecule has 0 unspecified atom stereocenters. The third-order valence-electron chi connectivity index (χ3n) is 7.53. The fraction of sp³-hybridized carbons (Fsp3) is 0.235. The maximum absolute atomic E-state index is 13.3. The molecule has 5 rings (SSSR count). The summed E-state index contributed by atoms with van der Waals surface area (Å²) < 4.78 is 23.8. The SMILES string of the molecule is Cc1ccc(S[C@H]2O[C@@H](COC(=O)c3ccc([N+](=O)[O-])cc3)[C@@H](OC(=O)c3ccc([N+](=O)[O-])cc3)[C@@H](O)[C@@H]2OCc2ccccc2Cl)cc1. The Bertz CT molecular complexity index is 1810. The summed E-state index contributed by atoms with van der Waals surface area (Å²) in [5.41, 5.74) is 0.281. The van der Waals surface area contributed by atoms with Gasteiger partial charge in [0.1, 0.15) is 30.4 Å². The molecule has 1 fully saturated rings. The molecule has 0 aromatic heterocycles. The van der Waals surface area contributed by atoms with E-state index in [2.05, 4.69) is 0 Å². The Morgan fingerprint density at radius 1 is 0.837 bits per heavy atom. The zero-order chi connectivity index (χ0) is 35.1. The minimum atomic E-state index is -1.52. The van der Waals surface area contributed by atoms with Gasteiger partial charge in [0.25, 0.3) is 11.4 Å². The van der Waals surface area contributed by atoms with Gasteiger partial charge in [-0.2, -0.15) is 0 Å². The number of aryl methyl sites for hydroxylation is 1. The van der Waals surface area contributed by atoms with Gasteiger partial charge in [0.2, 0.25) is 0 Å². The number of carbonyl (C=O) groups is 2. The fourth-order valence-electron chi connectivity index (χ4n) is 4.87. The molecule has 0 spiro atoms. The zero-order valence-electron chi connectivity index (χ0n) is 25.7. The van der Waals surface area contributed by atoms with Crippen molar-refractivity contribution < 1.29 is 43.5 Å². The number of benzene rings is 4. The van der Waals surface area contributed by atoms with Crippen molar-refractivity contribution in [3.8, 4) is 0 Å². The number of non-ortho nitro benzene ring substituents is 2. The topological polar surface area (TPSA) is 178 Å². The van der Waals surface area contributed by atoms with Crippen LogP contribution in [0.1, 0.15) is 31.8 Å². The molecular weight excluding hydrogens is 680 g/mol. The molecule has 13 nitrogen and oxygen atoms in total. The van der Waals surface area contributed by atoms with Crippen LogP contribution in [-0.2, 0) is 25.6 Å². The lowest BCUT2D eigenvalue weighted by atomic mass is 9.99. The van der Waals surface area contributed by atoms with E-state index in [1.165, 1.54) is 36.0 Å². The lowest BCUT2D eigenvalue weighted by Crippen LogP contribution is -2.60. The van der Waals surface area contributed by atoms with Crippen LogP contribution in [-0.4, -0.2) is 63.4 Å². The van der Waals surface area contributed by atoms with E-state index in [0.29, 0.717) is 10.6 Å². The van der Waals surface area contributed by atoms with E-state index >= 15 is 0 Å². The summed E-state index contributed by atoms with van der Waals surface area (Å²) in [5.74, 6) is -1.77. The smallest absolute Gasteiger partial charge is 0.338 e. The third kappa shape index (κ3) is 8.99. The summed E-state index contributed by atoms with van der Waals surface area (Å²) in [6.07, 6.45) is -5.29. The number of aliphatic hydroxyl groups is 1. The Morgan fingerprint density at radius 2 is 1.41 bits per heavy atom. The lowest BCUT2D eigenvalue weighted by molar-refractivity contribution is -0.385. The monoisotopic (exact) mass is 708 g/mol. The van der Waals surface area contributed by atoms with Crippen LogP contribution in [0.15, 0.2) is 102 Å². The molecule has 4 aromatic carbocycles. The van der Waals surface area contributed by atoms with Gasteiger partial charge in [0.15, 0.2) is 6.10 Å². The quantitative estimate of drug-likeness (QED) is 0.0987. The zero-order valence-corrected chi connectivity index (χ0v) is 27.3. The van der Waals surface area contributed by atoms with Crippen molar-refractivity contribution in [2.75, 3.05) is 6.61 Å². The van der Waals surface area contributed by atoms with Crippen LogP contribution < -0.4 is 0 Å². The highest BCUT2D eigenvalue weighted by Gasteiger charge is 2.49. The van der Waals surface area contributed by atoms with Crippen molar-refractivity contribution in [1.82, 2.24) is 0 Å². The number of nitro groups is 2. The molecule has 1 saturated heterocycles. The molecule has 254 valence electrons. The standard InChI is InChI=1S/C34H29ClN2O11S/c1-20-6-16-26(17-7-20)49-34-31(45-18-23-4-2-3-5-27(23)35)29(38)30(48-33(40)22-10-14-25(15-11-22)37(43)44)28(47-34)19-46-32(39)21-8-12-24(13-9-21)36(41)42/h2-17,28-31,34,38H,18-19H2,1H3/t28-,29+,30+,31-,34+/m0/s1. The van der Waals surface area contributed by atoms with Crippen molar-refractivity contribution in [2.24, 2.45) is 0 Å². The number of carbonyl (C=O) groups excluding carboxylic acids is 2. The van der Waals surface area contributed by atoms with Crippen molar-refractivity contribution in [3.05, 3.63) is 145 Å². The number of halogens is 1. The predicted octanol–water partition coefficient (Wildman–Crippen LogP) is 6.31. The van der Waals surface area contributed by atoms with Gasteiger partial charge in [-0.1, -0.05) is 59.3 Å². The van der Waals surface area contributed by atoms with Gasteiger partial charge in [-0.15, -0.1) is 0 Å². The molecule has 0 saturated carbocycles. The molecule has 0 bridgehead atoms. The Hall–Kier alpha value is -4.86.